The van der Waals surface area contributed by atoms with Gasteiger partial charge in [0, 0.05) is 12.6 Å². The molecule has 1 N–H and O–H groups in total. The quantitative estimate of drug-likeness (QED) is 0.783. The molecule has 88 valence electrons. The summed E-state index contributed by atoms with van der Waals surface area (Å²) < 4.78 is 0. The molecule has 1 aromatic rings. The molecule has 1 aliphatic rings. The zero-order valence-corrected chi connectivity index (χ0v) is 10.6. The summed E-state index contributed by atoms with van der Waals surface area (Å²) in [6.07, 6.45) is 0.827. The fourth-order valence-corrected chi connectivity index (χ4v) is 2.73. The first-order valence-electron chi connectivity index (χ1n) is 5.93. The van der Waals surface area contributed by atoms with Gasteiger partial charge in [-0.3, -0.25) is 0 Å². The van der Waals surface area contributed by atoms with E-state index in [1.54, 1.807) is 0 Å². The van der Waals surface area contributed by atoms with Crippen molar-refractivity contribution in [2.45, 2.75) is 38.8 Å². The van der Waals surface area contributed by atoms with Crippen molar-refractivity contribution in [2.75, 3.05) is 13.6 Å². The number of β-amino-alcohol motifs (C(OH)–C–C–N with tert-alkyl or cyclic N) is 1. The van der Waals surface area contributed by atoms with Crippen LogP contribution in [0.15, 0.2) is 18.2 Å². The van der Waals surface area contributed by atoms with Crippen LogP contribution in [0.1, 0.15) is 30.0 Å². The Bertz CT molecular complexity index is 390. The maximum absolute atomic E-state index is 10.8. The fraction of sp³-hybridized carbons (Fsp3) is 0.571. The Balaban J connectivity index is 2.41. The molecule has 0 spiro atoms. The van der Waals surface area contributed by atoms with Crippen molar-refractivity contribution < 1.29 is 5.11 Å². The van der Waals surface area contributed by atoms with Crippen molar-refractivity contribution in [3.63, 3.8) is 0 Å². The Labute approximate surface area is 97.9 Å². The SMILES string of the molecule is Cc1cccc(C2(O)CC(C)N(C)C2)c1C. The number of likely N-dealkylation sites (tertiary alicyclic amines) is 1. The van der Waals surface area contributed by atoms with Gasteiger partial charge in [0.15, 0.2) is 0 Å². The highest BCUT2D eigenvalue weighted by Gasteiger charge is 2.41. The first-order chi connectivity index (χ1) is 7.44. The maximum atomic E-state index is 10.8. The molecule has 16 heavy (non-hydrogen) atoms. The summed E-state index contributed by atoms with van der Waals surface area (Å²) in [6.45, 7) is 7.11. The molecule has 0 saturated carbocycles. The van der Waals surface area contributed by atoms with E-state index in [9.17, 15) is 5.11 Å². The Morgan fingerprint density at radius 2 is 2.06 bits per heavy atom. The van der Waals surface area contributed by atoms with Crippen LogP contribution in [0.3, 0.4) is 0 Å². The number of rotatable bonds is 1. The third-order valence-corrected chi connectivity index (χ3v) is 4.00. The van der Waals surface area contributed by atoms with E-state index in [0.29, 0.717) is 6.04 Å². The number of aliphatic hydroxyl groups is 1. The Kier molecular flexibility index (Phi) is 2.81. The molecule has 1 fully saturated rings. The summed E-state index contributed by atoms with van der Waals surface area (Å²) in [5, 5.41) is 10.8. The second kappa shape index (κ2) is 3.86. The summed E-state index contributed by atoms with van der Waals surface area (Å²) >= 11 is 0. The zero-order valence-electron chi connectivity index (χ0n) is 10.6. The number of aryl methyl sites for hydroxylation is 1. The highest BCUT2D eigenvalue weighted by atomic mass is 16.3. The lowest BCUT2D eigenvalue weighted by molar-refractivity contribution is 0.0479. The van der Waals surface area contributed by atoms with E-state index in [1.807, 2.05) is 6.07 Å². The predicted octanol–water partition coefficient (Wildman–Crippen LogP) is 2.22. The van der Waals surface area contributed by atoms with E-state index in [-0.39, 0.29) is 0 Å². The van der Waals surface area contributed by atoms with Gasteiger partial charge in [0.2, 0.25) is 0 Å². The first kappa shape index (κ1) is 11.6. The van der Waals surface area contributed by atoms with Crippen LogP contribution in [0.5, 0.6) is 0 Å². The molecule has 0 aromatic heterocycles. The second-order valence-corrected chi connectivity index (χ2v) is 5.25. The number of nitrogens with zero attached hydrogens (tertiary/aromatic N) is 1. The third kappa shape index (κ3) is 1.76. The van der Waals surface area contributed by atoms with E-state index in [4.69, 9.17) is 0 Å². The minimum Gasteiger partial charge on any atom is -0.384 e. The van der Waals surface area contributed by atoms with Crippen molar-refractivity contribution in [1.82, 2.24) is 4.90 Å². The van der Waals surface area contributed by atoms with Crippen LogP contribution in [0.2, 0.25) is 0 Å². The zero-order chi connectivity index (χ0) is 11.9. The van der Waals surface area contributed by atoms with Gasteiger partial charge in [-0.05, 0) is 50.9 Å². The molecule has 1 saturated heterocycles. The molecular formula is C14H21NO. The van der Waals surface area contributed by atoms with Crippen LogP contribution >= 0.6 is 0 Å². The average molecular weight is 219 g/mol. The van der Waals surface area contributed by atoms with Crippen molar-refractivity contribution >= 4 is 0 Å². The van der Waals surface area contributed by atoms with Crippen molar-refractivity contribution in [1.29, 1.82) is 0 Å². The van der Waals surface area contributed by atoms with Crippen molar-refractivity contribution in [3.8, 4) is 0 Å². The summed E-state index contributed by atoms with van der Waals surface area (Å²) in [7, 11) is 2.08. The van der Waals surface area contributed by atoms with Crippen LogP contribution in [0, 0.1) is 13.8 Å². The molecule has 2 nitrogen and oxygen atoms in total. The molecule has 2 heteroatoms. The highest BCUT2D eigenvalue weighted by Crippen LogP contribution is 2.36. The highest BCUT2D eigenvalue weighted by molar-refractivity contribution is 5.38. The topological polar surface area (TPSA) is 23.5 Å². The minimum absolute atomic E-state index is 0.449. The van der Waals surface area contributed by atoms with Crippen LogP contribution < -0.4 is 0 Å². The molecule has 0 radical (unpaired) electrons. The van der Waals surface area contributed by atoms with Gasteiger partial charge in [-0.25, -0.2) is 0 Å². The van der Waals surface area contributed by atoms with Gasteiger partial charge >= 0.3 is 0 Å². The van der Waals surface area contributed by atoms with Gasteiger partial charge in [-0.1, -0.05) is 18.2 Å². The molecule has 2 unspecified atom stereocenters. The van der Waals surface area contributed by atoms with E-state index in [1.165, 1.54) is 11.1 Å². The number of hydrogen-bond acceptors (Lipinski definition) is 2. The molecule has 2 rings (SSSR count). The van der Waals surface area contributed by atoms with E-state index in [2.05, 4.69) is 44.9 Å². The maximum Gasteiger partial charge on any atom is 0.104 e. The Hall–Kier alpha value is -0.860. The van der Waals surface area contributed by atoms with Crippen LogP contribution in [0.25, 0.3) is 0 Å². The van der Waals surface area contributed by atoms with E-state index in [0.717, 1.165) is 18.5 Å². The van der Waals surface area contributed by atoms with Crippen molar-refractivity contribution in [2.24, 2.45) is 0 Å². The molecule has 0 aliphatic carbocycles. The largest absolute Gasteiger partial charge is 0.384 e. The standard InChI is InChI=1S/C14H21NO/c1-10-6-5-7-13(12(10)3)14(16)8-11(2)15(4)9-14/h5-7,11,16H,8-9H2,1-4H3. The predicted molar refractivity (Wildman–Crippen MR) is 66.5 cm³/mol. The van der Waals surface area contributed by atoms with Crippen LogP contribution in [-0.4, -0.2) is 29.6 Å². The molecule has 1 heterocycles. The summed E-state index contributed by atoms with van der Waals surface area (Å²) in [4.78, 5) is 2.22. The molecule has 0 bridgehead atoms. The number of benzene rings is 1. The smallest absolute Gasteiger partial charge is 0.104 e. The van der Waals surface area contributed by atoms with Gasteiger partial charge in [0.05, 0.1) is 0 Å². The molecule has 2 atom stereocenters. The Morgan fingerprint density at radius 1 is 1.38 bits per heavy atom. The third-order valence-electron chi connectivity index (χ3n) is 4.00. The molecular weight excluding hydrogens is 198 g/mol. The van der Waals surface area contributed by atoms with Gasteiger partial charge in [-0.15, -0.1) is 0 Å². The first-order valence-corrected chi connectivity index (χ1v) is 5.93. The van der Waals surface area contributed by atoms with Gasteiger partial charge < -0.3 is 10.0 Å². The lowest BCUT2D eigenvalue weighted by Crippen LogP contribution is -2.30. The van der Waals surface area contributed by atoms with Gasteiger partial charge in [0.1, 0.15) is 5.60 Å². The van der Waals surface area contributed by atoms with Crippen molar-refractivity contribution in [3.05, 3.63) is 34.9 Å². The molecule has 1 aromatic carbocycles. The lowest BCUT2D eigenvalue weighted by Gasteiger charge is -2.25. The van der Waals surface area contributed by atoms with Gasteiger partial charge in [0.25, 0.3) is 0 Å². The average Bonchev–Trinajstić information content (AvgIpc) is 2.46. The number of likely N-dealkylation sites (N-methyl/N-ethyl adjacent to an activating group) is 1. The summed E-state index contributed by atoms with van der Waals surface area (Å²) in [5.74, 6) is 0. The van der Waals surface area contributed by atoms with E-state index < -0.39 is 5.60 Å². The molecule has 1 aliphatic heterocycles. The second-order valence-electron chi connectivity index (χ2n) is 5.25. The normalized spacial score (nSPS) is 30.9. The fourth-order valence-electron chi connectivity index (χ4n) is 2.73. The van der Waals surface area contributed by atoms with Crippen LogP contribution in [-0.2, 0) is 5.60 Å². The molecule has 0 amide bonds. The Morgan fingerprint density at radius 3 is 2.62 bits per heavy atom. The summed E-state index contributed by atoms with van der Waals surface area (Å²) in [5.41, 5.74) is 2.92. The lowest BCUT2D eigenvalue weighted by atomic mass is 9.86. The minimum atomic E-state index is -0.662. The number of hydrogen-bond donors (Lipinski definition) is 1. The summed E-state index contributed by atoms with van der Waals surface area (Å²) in [6, 6.07) is 6.65. The van der Waals surface area contributed by atoms with E-state index >= 15 is 0 Å². The van der Waals surface area contributed by atoms with Crippen LogP contribution in [0.4, 0.5) is 0 Å². The van der Waals surface area contributed by atoms with Gasteiger partial charge in [-0.2, -0.15) is 0 Å². The monoisotopic (exact) mass is 219 g/mol.